The second kappa shape index (κ2) is 10.7. The molecule has 0 fully saturated rings. The molecule has 0 saturated carbocycles. The lowest BCUT2D eigenvalue weighted by Gasteiger charge is -2.10. The first-order chi connectivity index (χ1) is 25.3. The molecular weight excluding hydrogens is 629 g/mol. The predicted octanol–water partition coefficient (Wildman–Crippen LogP) is 11.8. The van der Waals surface area contributed by atoms with Gasteiger partial charge in [0.2, 0.25) is 0 Å². The van der Waals surface area contributed by atoms with E-state index in [1.807, 2.05) is 72.8 Å². The molecule has 6 heteroatoms. The summed E-state index contributed by atoms with van der Waals surface area (Å²) in [6.45, 7) is 0. The maximum Gasteiger partial charge on any atom is 0.164 e. The molecule has 7 aromatic carbocycles. The smallest absolute Gasteiger partial charge is 0.164 e. The van der Waals surface area contributed by atoms with Crippen molar-refractivity contribution in [1.82, 2.24) is 19.5 Å². The molecular formula is C45H26N4O2. The number of furan rings is 2. The van der Waals surface area contributed by atoms with Gasteiger partial charge in [-0.25, -0.2) is 15.0 Å². The first-order valence-corrected chi connectivity index (χ1v) is 16.9. The van der Waals surface area contributed by atoms with Gasteiger partial charge in [0.1, 0.15) is 22.3 Å². The van der Waals surface area contributed by atoms with Crippen LogP contribution in [0, 0.1) is 0 Å². The zero-order valence-electron chi connectivity index (χ0n) is 27.1. The van der Waals surface area contributed by atoms with Gasteiger partial charge in [-0.05, 0) is 60.7 Å². The van der Waals surface area contributed by atoms with E-state index in [9.17, 15) is 0 Å². The lowest BCUT2D eigenvalue weighted by Crippen LogP contribution is -2.00. The summed E-state index contributed by atoms with van der Waals surface area (Å²) < 4.78 is 14.9. The van der Waals surface area contributed by atoms with E-state index in [1.54, 1.807) is 0 Å². The molecule has 0 bridgehead atoms. The summed E-state index contributed by atoms with van der Waals surface area (Å²) in [5, 5.41) is 6.47. The quantitative estimate of drug-likeness (QED) is 0.189. The fourth-order valence-corrected chi connectivity index (χ4v) is 7.55. The van der Waals surface area contributed by atoms with Crippen LogP contribution in [-0.4, -0.2) is 19.5 Å². The second-order valence-electron chi connectivity index (χ2n) is 12.8. The Bertz CT molecular complexity index is 3100. The van der Waals surface area contributed by atoms with E-state index in [1.165, 1.54) is 10.8 Å². The van der Waals surface area contributed by atoms with Crippen LogP contribution in [0.4, 0.5) is 0 Å². The van der Waals surface area contributed by atoms with E-state index in [0.29, 0.717) is 17.5 Å². The summed E-state index contributed by atoms with van der Waals surface area (Å²) >= 11 is 0. The molecule has 0 saturated heterocycles. The summed E-state index contributed by atoms with van der Waals surface area (Å²) in [5.41, 5.74) is 9.29. The van der Waals surface area contributed by atoms with Crippen LogP contribution in [0.25, 0.3) is 106 Å². The lowest BCUT2D eigenvalue weighted by atomic mass is 10.0. The average Bonchev–Trinajstić information content (AvgIpc) is 3.87. The van der Waals surface area contributed by atoms with E-state index in [4.69, 9.17) is 23.8 Å². The molecule has 0 atom stereocenters. The highest BCUT2D eigenvalue weighted by atomic mass is 16.3. The van der Waals surface area contributed by atoms with Gasteiger partial charge in [-0.1, -0.05) is 97.1 Å². The third kappa shape index (κ3) is 4.26. The molecule has 0 aliphatic rings. The number of aromatic nitrogens is 4. The topological polar surface area (TPSA) is 69.9 Å². The Kier molecular flexibility index (Phi) is 5.86. The zero-order chi connectivity index (χ0) is 33.5. The van der Waals surface area contributed by atoms with Crippen LogP contribution in [0.1, 0.15) is 0 Å². The van der Waals surface area contributed by atoms with Crippen molar-refractivity contribution in [3.05, 3.63) is 158 Å². The van der Waals surface area contributed by atoms with Gasteiger partial charge in [0, 0.05) is 54.7 Å². The molecule has 0 unspecified atom stereocenters. The van der Waals surface area contributed by atoms with E-state index in [2.05, 4.69) is 89.5 Å². The van der Waals surface area contributed by atoms with Gasteiger partial charge >= 0.3 is 0 Å². The van der Waals surface area contributed by atoms with Crippen molar-refractivity contribution in [2.45, 2.75) is 0 Å². The number of benzene rings is 7. The van der Waals surface area contributed by atoms with Gasteiger partial charge in [0.15, 0.2) is 17.5 Å². The second-order valence-corrected chi connectivity index (χ2v) is 12.8. The first kappa shape index (κ1) is 27.9. The normalized spacial score (nSPS) is 11.9. The highest BCUT2D eigenvalue weighted by molar-refractivity contribution is 6.14. The summed E-state index contributed by atoms with van der Waals surface area (Å²) in [6.07, 6.45) is 0. The fraction of sp³-hybridized carbons (Fsp3) is 0. The summed E-state index contributed by atoms with van der Waals surface area (Å²) in [7, 11) is 0. The van der Waals surface area contributed by atoms with Crippen molar-refractivity contribution in [2.24, 2.45) is 0 Å². The van der Waals surface area contributed by atoms with Gasteiger partial charge in [0.25, 0.3) is 0 Å². The molecule has 11 aromatic rings. The number of fused-ring (bicyclic) bond motifs is 9. The molecule has 0 aliphatic carbocycles. The lowest BCUT2D eigenvalue weighted by molar-refractivity contribution is 0.668. The van der Waals surface area contributed by atoms with Crippen LogP contribution in [0.5, 0.6) is 0 Å². The molecule has 238 valence electrons. The molecule has 11 rings (SSSR count). The van der Waals surface area contributed by atoms with Crippen LogP contribution in [0.2, 0.25) is 0 Å². The molecule has 0 aliphatic heterocycles. The van der Waals surface area contributed by atoms with Gasteiger partial charge in [0.05, 0.1) is 11.0 Å². The van der Waals surface area contributed by atoms with Crippen molar-refractivity contribution in [1.29, 1.82) is 0 Å². The van der Waals surface area contributed by atoms with Gasteiger partial charge in [-0.3, -0.25) is 0 Å². The molecule has 0 radical (unpaired) electrons. The van der Waals surface area contributed by atoms with Crippen LogP contribution in [0.3, 0.4) is 0 Å². The van der Waals surface area contributed by atoms with Crippen molar-refractivity contribution in [2.75, 3.05) is 0 Å². The Morgan fingerprint density at radius 2 is 0.961 bits per heavy atom. The van der Waals surface area contributed by atoms with Crippen LogP contribution < -0.4 is 0 Å². The Hall–Kier alpha value is -7.05. The number of hydrogen-bond acceptors (Lipinski definition) is 5. The highest BCUT2D eigenvalue weighted by Gasteiger charge is 2.20. The molecule has 51 heavy (non-hydrogen) atoms. The minimum Gasteiger partial charge on any atom is -0.456 e. The fourth-order valence-electron chi connectivity index (χ4n) is 7.55. The van der Waals surface area contributed by atoms with Crippen molar-refractivity contribution < 1.29 is 8.83 Å². The molecule has 0 amide bonds. The number of hydrogen-bond donors (Lipinski definition) is 0. The zero-order valence-corrected chi connectivity index (χ0v) is 27.1. The highest BCUT2D eigenvalue weighted by Crippen LogP contribution is 2.40. The SMILES string of the molecule is c1ccc(-c2nc(-c3ccc4oc5ccccc5c4c3)nc(-c3cccc4oc5ccc(-n6c7ccccc7c7ccccc76)cc5c34)n2)cc1. The van der Waals surface area contributed by atoms with Crippen LogP contribution >= 0.6 is 0 Å². The molecule has 0 N–H and O–H groups in total. The Morgan fingerprint density at radius 3 is 1.76 bits per heavy atom. The largest absolute Gasteiger partial charge is 0.456 e. The van der Waals surface area contributed by atoms with Gasteiger partial charge in [-0.2, -0.15) is 0 Å². The summed E-state index contributed by atoms with van der Waals surface area (Å²) in [6, 6.07) is 53.9. The number of para-hydroxylation sites is 3. The molecule has 6 nitrogen and oxygen atoms in total. The van der Waals surface area contributed by atoms with E-state index in [0.717, 1.165) is 77.3 Å². The third-order valence-electron chi connectivity index (χ3n) is 9.86. The standard InChI is InChI=1S/C45H26N4O2/c1-2-11-27(12-3-1)43-46-44(28-21-23-39-34(25-28)32-15-6-9-19-38(32)50-39)48-45(47-43)33-16-10-20-41-42(33)35-26-29(22-24-40(35)51-41)49-36-17-7-4-13-30(36)31-14-5-8-18-37(31)49/h1-26H. The van der Waals surface area contributed by atoms with Gasteiger partial charge in [-0.15, -0.1) is 0 Å². The molecule has 0 spiro atoms. The van der Waals surface area contributed by atoms with E-state index >= 15 is 0 Å². The molecule has 4 aromatic heterocycles. The first-order valence-electron chi connectivity index (χ1n) is 16.9. The van der Waals surface area contributed by atoms with Crippen LogP contribution in [0.15, 0.2) is 167 Å². The van der Waals surface area contributed by atoms with Gasteiger partial charge < -0.3 is 13.4 Å². The number of rotatable bonds is 4. The van der Waals surface area contributed by atoms with Crippen molar-refractivity contribution in [3.63, 3.8) is 0 Å². The Balaban J connectivity index is 1.15. The summed E-state index contributed by atoms with van der Waals surface area (Å²) in [4.78, 5) is 15.3. The Labute approximate surface area is 290 Å². The average molecular weight is 655 g/mol. The van der Waals surface area contributed by atoms with Crippen molar-refractivity contribution in [3.8, 4) is 39.9 Å². The van der Waals surface area contributed by atoms with Crippen LogP contribution in [-0.2, 0) is 0 Å². The third-order valence-corrected chi connectivity index (χ3v) is 9.86. The number of nitrogens with zero attached hydrogens (tertiary/aromatic N) is 4. The Morgan fingerprint density at radius 1 is 0.373 bits per heavy atom. The predicted molar refractivity (Wildman–Crippen MR) is 205 cm³/mol. The minimum absolute atomic E-state index is 0.576. The van der Waals surface area contributed by atoms with Crippen molar-refractivity contribution >= 4 is 65.7 Å². The monoisotopic (exact) mass is 654 g/mol. The molecule has 4 heterocycles. The summed E-state index contributed by atoms with van der Waals surface area (Å²) in [5.74, 6) is 1.76. The maximum absolute atomic E-state index is 6.48. The minimum atomic E-state index is 0.576. The maximum atomic E-state index is 6.48. The van der Waals surface area contributed by atoms with E-state index in [-0.39, 0.29) is 0 Å². The van der Waals surface area contributed by atoms with E-state index < -0.39 is 0 Å².